The molecule has 4 nitrogen and oxygen atoms in total. The fraction of sp³-hybridized carbons (Fsp3) is 0.222. The maximum atomic E-state index is 11.9. The van der Waals surface area contributed by atoms with E-state index in [0.29, 0.717) is 24.3 Å². The van der Waals surface area contributed by atoms with Crippen molar-refractivity contribution in [2.45, 2.75) is 13.8 Å². The number of nitrogens with one attached hydrogen (secondary N) is 1. The minimum Gasteiger partial charge on any atom is -0.491 e. The van der Waals surface area contributed by atoms with Crippen LogP contribution in [0.15, 0.2) is 42.5 Å². The fourth-order valence-corrected chi connectivity index (χ4v) is 2.00. The first-order chi connectivity index (χ1) is 10.6. The molecule has 0 fully saturated rings. The summed E-state index contributed by atoms with van der Waals surface area (Å²) in [6, 6.07) is 12.5. The molecule has 0 heterocycles. The molecule has 0 bridgehead atoms. The molecule has 0 atom stereocenters. The highest BCUT2D eigenvalue weighted by atomic mass is 16.5. The predicted molar refractivity (Wildman–Crippen MR) is 85.6 cm³/mol. The molecule has 0 spiro atoms. The van der Waals surface area contributed by atoms with Gasteiger partial charge in [-0.15, -0.1) is 0 Å². The summed E-state index contributed by atoms with van der Waals surface area (Å²) in [4.78, 5) is 22.5. The molecular formula is C18H19NO3. The zero-order valence-corrected chi connectivity index (χ0v) is 12.8. The molecule has 114 valence electrons. The Morgan fingerprint density at radius 3 is 2.55 bits per heavy atom. The monoisotopic (exact) mass is 297 g/mol. The molecule has 2 aromatic carbocycles. The van der Waals surface area contributed by atoms with Crippen LogP contribution in [0.2, 0.25) is 0 Å². The zero-order chi connectivity index (χ0) is 15.9. The van der Waals surface area contributed by atoms with Gasteiger partial charge >= 0.3 is 0 Å². The number of carbonyl (C=O) groups excluding carboxylic acids is 2. The SMILES string of the molecule is Cc1ccc(C)c(OCCNC(=O)c2ccc(C=O)cc2)c1. The maximum Gasteiger partial charge on any atom is 0.251 e. The van der Waals surface area contributed by atoms with Crippen LogP contribution in [-0.4, -0.2) is 25.3 Å². The van der Waals surface area contributed by atoms with Crippen molar-refractivity contribution in [3.8, 4) is 5.75 Å². The van der Waals surface area contributed by atoms with Crippen molar-refractivity contribution in [2.75, 3.05) is 13.2 Å². The number of hydrogen-bond donors (Lipinski definition) is 1. The van der Waals surface area contributed by atoms with Crippen molar-refractivity contribution in [2.24, 2.45) is 0 Å². The molecule has 4 heteroatoms. The van der Waals surface area contributed by atoms with Gasteiger partial charge < -0.3 is 10.1 Å². The van der Waals surface area contributed by atoms with Crippen molar-refractivity contribution in [1.29, 1.82) is 0 Å². The van der Waals surface area contributed by atoms with E-state index in [1.807, 2.05) is 32.0 Å². The molecular weight excluding hydrogens is 278 g/mol. The third-order valence-electron chi connectivity index (χ3n) is 3.30. The summed E-state index contributed by atoms with van der Waals surface area (Å²) < 4.78 is 5.68. The molecule has 0 saturated carbocycles. The van der Waals surface area contributed by atoms with Crippen molar-refractivity contribution >= 4 is 12.2 Å². The topological polar surface area (TPSA) is 55.4 Å². The molecule has 0 saturated heterocycles. The summed E-state index contributed by atoms with van der Waals surface area (Å²) in [5, 5.41) is 2.79. The molecule has 0 radical (unpaired) electrons. The molecule has 0 unspecified atom stereocenters. The van der Waals surface area contributed by atoms with Crippen LogP contribution in [0.5, 0.6) is 5.75 Å². The number of ether oxygens (including phenoxy) is 1. The number of hydrogen-bond acceptors (Lipinski definition) is 3. The molecule has 1 amide bonds. The summed E-state index contributed by atoms with van der Waals surface area (Å²) in [5.41, 5.74) is 3.29. The Kier molecular flexibility index (Phi) is 5.31. The van der Waals surface area contributed by atoms with E-state index in [0.717, 1.165) is 23.2 Å². The maximum absolute atomic E-state index is 11.9. The molecule has 0 aliphatic carbocycles. The molecule has 0 aliphatic rings. The van der Waals surface area contributed by atoms with Crippen LogP contribution in [0.4, 0.5) is 0 Å². The Morgan fingerprint density at radius 1 is 1.14 bits per heavy atom. The highest BCUT2D eigenvalue weighted by Gasteiger charge is 2.05. The average molecular weight is 297 g/mol. The van der Waals surface area contributed by atoms with Gasteiger partial charge in [-0.25, -0.2) is 0 Å². The van der Waals surface area contributed by atoms with Gasteiger partial charge in [-0.3, -0.25) is 9.59 Å². The van der Waals surface area contributed by atoms with Gasteiger partial charge in [-0.2, -0.15) is 0 Å². The normalized spacial score (nSPS) is 10.1. The number of aldehydes is 1. The van der Waals surface area contributed by atoms with Gasteiger partial charge in [0.25, 0.3) is 5.91 Å². The van der Waals surface area contributed by atoms with Crippen LogP contribution in [0.25, 0.3) is 0 Å². The minimum absolute atomic E-state index is 0.179. The molecule has 2 aromatic rings. The lowest BCUT2D eigenvalue weighted by Crippen LogP contribution is -2.28. The summed E-state index contributed by atoms with van der Waals surface area (Å²) in [5.74, 6) is 0.659. The number of aryl methyl sites for hydroxylation is 2. The quantitative estimate of drug-likeness (QED) is 0.659. The molecule has 2 rings (SSSR count). The van der Waals surface area contributed by atoms with E-state index >= 15 is 0 Å². The third kappa shape index (κ3) is 4.19. The van der Waals surface area contributed by atoms with E-state index in [-0.39, 0.29) is 5.91 Å². The second-order valence-electron chi connectivity index (χ2n) is 5.11. The van der Waals surface area contributed by atoms with Crippen LogP contribution in [0.3, 0.4) is 0 Å². The Labute approximate surface area is 130 Å². The van der Waals surface area contributed by atoms with Crippen LogP contribution < -0.4 is 10.1 Å². The summed E-state index contributed by atoms with van der Waals surface area (Å²) in [7, 11) is 0. The van der Waals surface area contributed by atoms with Gasteiger partial charge in [0, 0.05) is 11.1 Å². The van der Waals surface area contributed by atoms with E-state index in [4.69, 9.17) is 4.74 Å². The molecule has 22 heavy (non-hydrogen) atoms. The Hall–Kier alpha value is -2.62. The van der Waals surface area contributed by atoms with E-state index in [9.17, 15) is 9.59 Å². The highest BCUT2D eigenvalue weighted by Crippen LogP contribution is 2.18. The van der Waals surface area contributed by atoms with Crippen molar-refractivity contribution in [3.63, 3.8) is 0 Å². The van der Waals surface area contributed by atoms with Crippen LogP contribution in [-0.2, 0) is 0 Å². The first kappa shape index (κ1) is 15.8. The van der Waals surface area contributed by atoms with Crippen molar-refractivity contribution < 1.29 is 14.3 Å². The standard InChI is InChI=1S/C18H19NO3/c1-13-3-4-14(2)17(11-13)22-10-9-19-18(21)16-7-5-15(12-20)6-8-16/h3-8,11-12H,9-10H2,1-2H3,(H,19,21). The number of carbonyl (C=O) groups is 2. The lowest BCUT2D eigenvalue weighted by atomic mass is 10.1. The van der Waals surface area contributed by atoms with Crippen molar-refractivity contribution in [3.05, 3.63) is 64.7 Å². The predicted octanol–water partition coefficient (Wildman–Crippen LogP) is 2.92. The van der Waals surface area contributed by atoms with Gasteiger partial charge in [0.15, 0.2) is 0 Å². The lowest BCUT2D eigenvalue weighted by molar-refractivity contribution is 0.0946. The van der Waals surface area contributed by atoms with Gasteiger partial charge in [0.2, 0.25) is 0 Å². The second-order valence-corrected chi connectivity index (χ2v) is 5.11. The highest BCUT2D eigenvalue weighted by molar-refractivity contribution is 5.94. The van der Waals surface area contributed by atoms with Crippen LogP contribution >= 0.6 is 0 Å². The summed E-state index contributed by atoms with van der Waals surface area (Å²) in [6.45, 7) is 4.82. The van der Waals surface area contributed by atoms with E-state index in [1.165, 1.54) is 0 Å². The third-order valence-corrected chi connectivity index (χ3v) is 3.30. The smallest absolute Gasteiger partial charge is 0.251 e. The number of rotatable bonds is 6. The average Bonchev–Trinajstić information content (AvgIpc) is 2.54. The van der Waals surface area contributed by atoms with E-state index < -0.39 is 0 Å². The zero-order valence-electron chi connectivity index (χ0n) is 12.8. The van der Waals surface area contributed by atoms with Crippen molar-refractivity contribution in [1.82, 2.24) is 5.32 Å². The van der Waals surface area contributed by atoms with Gasteiger partial charge in [0.1, 0.15) is 18.6 Å². The van der Waals surface area contributed by atoms with Crippen LogP contribution in [0, 0.1) is 13.8 Å². The second kappa shape index (κ2) is 7.41. The van der Waals surface area contributed by atoms with Gasteiger partial charge in [0.05, 0.1) is 6.54 Å². The Bertz CT molecular complexity index is 663. The van der Waals surface area contributed by atoms with E-state index in [2.05, 4.69) is 5.32 Å². The number of amides is 1. The first-order valence-electron chi connectivity index (χ1n) is 7.13. The van der Waals surface area contributed by atoms with E-state index in [1.54, 1.807) is 24.3 Å². The Balaban J connectivity index is 1.81. The molecule has 0 aliphatic heterocycles. The van der Waals surface area contributed by atoms with Crippen LogP contribution in [0.1, 0.15) is 31.8 Å². The summed E-state index contributed by atoms with van der Waals surface area (Å²) >= 11 is 0. The number of benzene rings is 2. The van der Waals surface area contributed by atoms with Gasteiger partial charge in [-0.1, -0.05) is 24.3 Å². The first-order valence-corrected chi connectivity index (χ1v) is 7.13. The Morgan fingerprint density at radius 2 is 1.86 bits per heavy atom. The fourth-order valence-electron chi connectivity index (χ4n) is 2.00. The van der Waals surface area contributed by atoms with Gasteiger partial charge in [-0.05, 0) is 43.2 Å². The molecule has 0 aromatic heterocycles. The largest absolute Gasteiger partial charge is 0.491 e. The molecule has 1 N–H and O–H groups in total. The summed E-state index contributed by atoms with van der Waals surface area (Å²) in [6.07, 6.45) is 0.750. The lowest BCUT2D eigenvalue weighted by Gasteiger charge is -2.10. The minimum atomic E-state index is -0.179.